The number of rotatable bonds is 6. The Morgan fingerprint density at radius 1 is 1.20 bits per heavy atom. The molecule has 0 spiro atoms. The van der Waals surface area contributed by atoms with Crippen molar-refractivity contribution in [1.82, 2.24) is 4.98 Å². The SMILES string of the molecule is CCCc1ccc(CC(C)CCC)cn1. The third kappa shape index (κ3) is 4.46. The van der Waals surface area contributed by atoms with Crippen molar-refractivity contribution in [2.24, 2.45) is 5.92 Å². The molecular formula is C14H23N. The van der Waals surface area contributed by atoms with E-state index in [1.807, 2.05) is 0 Å². The Morgan fingerprint density at radius 3 is 2.53 bits per heavy atom. The quantitative estimate of drug-likeness (QED) is 0.683. The highest BCUT2D eigenvalue weighted by Crippen LogP contribution is 2.13. The Morgan fingerprint density at radius 2 is 2.00 bits per heavy atom. The van der Waals surface area contributed by atoms with Gasteiger partial charge in [0.1, 0.15) is 0 Å². The summed E-state index contributed by atoms with van der Waals surface area (Å²) in [6.45, 7) is 6.77. The molecule has 1 atom stereocenters. The summed E-state index contributed by atoms with van der Waals surface area (Å²) in [5.74, 6) is 0.786. The smallest absolute Gasteiger partial charge is 0.0403 e. The van der Waals surface area contributed by atoms with Crippen LogP contribution in [0.3, 0.4) is 0 Å². The summed E-state index contributed by atoms with van der Waals surface area (Å²) in [7, 11) is 0. The molecule has 1 unspecified atom stereocenters. The molecule has 0 aliphatic heterocycles. The summed E-state index contributed by atoms with van der Waals surface area (Å²) >= 11 is 0. The molecule has 1 heterocycles. The molecule has 84 valence electrons. The number of aryl methyl sites for hydroxylation is 1. The third-order valence-corrected chi connectivity index (χ3v) is 2.76. The van der Waals surface area contributed by atoms with Gasteiger partial charge in [0.05, 0.1) is 0 Å². The van der Waals surface area contributed by atoms with E-state index in [2.05, 4.69) is 44.1 Å². The van der Waals surface area contributed by atoms with Crippen LogP contribution in [0.2, 0.25) is 0 Å². The number of nitrogens with zero attached hydrogens (tertiary/aromatic N) is 1. The highest BCUT2D eigenvalue weighted by molar-refractivity contribution is 5.14. The Balaban J connectivity index is 2.48. The van der Waals surface area contributed by atoms with Crippen molar-refractivity contribution in [1.29, 1.82) is 0 Å². The fraction of sp³-hybridized carbons (Fsp3) is 0.643. The predicted octanol–water partition coefficient (Wildman–Crippen LogP) is 4.01. The standard InChI is InChI=1S/C14H23N/c1-4-6-12(3)10-13-8-9-14(7-5-2)15-11-13/h8-9,11-12H,4-7,10H2,1-3H3. The maximum Gasteiger partial charge on any atom is 0.0403 e. The van der Waals surface area contributed by atoms with E-state index in [1.165, 1.54) is 36.9 Å². The lowest BCUT2D eigenvalue weighted by atomic mass is 9.98. The van der Waals surface area contributed by atoms with Crippen LogP contribution in [0.15, 0.2) is 18.3 Å². The van der Waals surface area contributed by atoms with Gasteiger partial charge in [-0.2, -0.15) is 0 Å². The fourth-order valence-corrected chi connectivity index (χ4v) is 1.98. The number of aromatic nitrogens is 1. The zero-order valence-electron chi connectivity index (χ0n) is 10.3. The average molecular weight is 205 g/mol. The van der Waals surface area contributed by atoms with Gasteiger partial charge in [-0.05, 0) is 30.4 Å². The topological polar surface area (TPSA) is 12.9 Å². The predicted molar refractivity (Wildman–Crippen MR) is 66.0 cm³/mol. The van der Waals surface area contributed by atoms with Crippen molar-refractivity contribution in [3.8, 4) is 0 Å². The first kappa shape index (κ1) is 12.2. The molecule has 0 N–H and O–H groups in total. The van der Waals surface area contributed by atoms with Crippen LogP contribution in [0.5, 0.6) is 0 Å². The molecule has 0 saturated carbocycles. The molecule has 0 radical (unpaired) electrons. The van der Waals surface area contributed by atoms with Crippen molar-refractivity contribution in [3.05, 3.63) is 29.6 Å². The van der Waals surface area contributed by atoms with E-state index in [0.717, 1.165) is 12.3 Å². The molecule has 0 aromatic carbocycles. The first-order valence-corrected chi connectivity index (χ1v) is 6.20. The molecule has 1 rings (SSSR count). The fourth-order valence-electron chi connectivity index (χ4n) is 1.98. The van der Waals surface area contributed by atoms with Gasteiger partial charge in [0.2, 0.25) is 0 Å². The zero-order valence-corrected chi connectivity index (χ0v) is 10.3. The molecule has 0 aliphatic carbocycles. The summed E-state index contributed by atoms with van der Waals surface area (Å²) in [4.78, 5) is 4.48. The van der Waals surface area contributed by atoms with E-state index >= 15 is 0 Å². The molecule has 1 aromatic heterocycles. The minimum Gasteiger partial charge on any atom is -0.261 e. The molecule has 0 bridgehead atoms. The largest absolute Gasteiger partial charge is 0.261 e. The minimum atomic E-state index is 0.786. The van der Waals surface area contributed by atoms with E-state index in [9.17, 15) is 0 Å². The highest BCUT2D eigenvalue weighted by Gasteiger charge is 2.02. The zero-order chi connectivity index (χ0) is 11.1. The summed E-state index contributed by atoms with van der Waals surface area (Å²) in [6.07, 6.45) is 8.10. The van der Waals surface area contributed by atoms with Crippen molar-refractivity contribution in [2.75, 3.05) is 0 Å². The van der Waals surface area contributed by atoms with Crippen LogP contribution in [-0.2, 0) is 12.8 Å². The summed E-state index contributed by atoms with van der Waals surface area (Å²) in [5.41, 5.74) is 2.61. The van der Waals surface area contributed by atoms with E-state index < -0.39 is 0 Å². The van der Waals surface area contributed by atoms with E-state index in [1.54, 1.807) is 0 Å². The lowest BCUT2D eigenvalue weighted by Crippen LogP contribution is -2.00. The monoisotopic (exact) mass is 205 g/mol. The molecule has 1 nitrogen and oxygen atoms in total. The molecule has 0 aliphatic rings. The first-order valence-electron chi connectivity index (χ1n) is 6.20. The maximum absolute atomic E-state index is 4.48. The van der Waals surface area contributed by atoms with Crippen molar-refractivity contribution in [3.63, 3.8) is 0 Å². The average Bonchev–Trinajstić information content (AvgIpc) is 2.22. The normalized spacial score (nSPS) is 12.7. The molecule has 1 heteroatoms. The van der Waals surface area contributed by atoms with Crippen molar-refractivity contribution in [2.45, 2.75) is 52.9 Å². The van der Waals surface area contributed by atoms with E-state index in [4.69, 9.17) is 0 Å². The lowest BCUT2D eigenvalue weighted by Gasteiger charge is -2.09. The number of hydrogen-bond donors (Lipinski definition) is 0. The van der Waals surface area contributed by atoms with Gasteiger partial charge in [-0.3, -0.25) is 4.98 Å². The summed E-state index contributed by atoms with van der Waals surface area (Å²) in [5, 5.41) is 0. The van der Waals surface area contributed by atoms with Crippen LogP contribution >= 0.6 is 0 Å². The number of pyridine rings is 1. The van der Waals surface area contributed by atoms with Gasteiger partial charge >= 0.3 is 0 Å². The minimum absolute atomic E-state index is 0.786. The van der Waals surface area contributed by atoms with Crippen LogP contribution in [0.25, 0.3) is 0 Å². The molecule has 1 aromatic rings. The van der Waals surface area contributed by atoms with Gasteiger partial charge in [0, 0.05) is 11.9 Å². The van der Waals surface area contributed by atoms with Gasteiger partial charge in [-0.25, -0.2) is 0 Å². The highest BCUT2D eigenvalue weighted by atomic mass is 14.7. The lowest BCUT2D eigenvalue weighted by molar-refractivity contribution is 0.521. The van der Waals surface area contributed by atoms with Crippen LogP contribution in [0, 0.1) is 5.92 Å². The van der Waals surface area contributed by atoms with Gasteiger partial charge in [-0.1, -0.05) is 46.1 Å². The molecule has 0 fully saturated rings. The Hall–Kier alpha value is -0.850. The van der Waals surface area contributed by atoms with E-state index in [0.29, 0.717) is 0 Å². The maximum atomic E-state index is 4.48. The Kier molecular flexibility index (Phi) is 5.38. The Bertz CT molecular complexity index is 263. The molecule has 15 heavy (non-hydrogen) atoms. The second kappa shape index (κ2) is 6.60. The van der Waals surface area contributed by atoms with Crippen LogP contribution < -0.4 is 0 Å². The summed E-state index contributed by atoms with van der Waals surface area (Å²) < 4.78 is 0. The van der Waals surface area contributed by atoms with Crippen LogP contribution in [0.1, 0.15) is 51.3 Å². The van der Waals surface area contributed by atoms with Gasteiger partial charge in [-0.15, -0.1) is 0 Å². The molecular weight excluding hydrogens is 182 g/mol. The second-order valence-electron chi connectivity index (χ2n) is 4.51. The second-order valence-corrected chi connectivity index (χ2v) is 4.51. The summed E-state index contributed by atoms with van der Waals surface area (Å²) in [6, 6.07) is 4.42. The van der Waals surface area contributed by atoms with Gasteiger partial charge in [0.15, 0.2) is 0 Å². The van der Waals surface area contributed by atoms with E-state index in [-0.39, 0.29) is 0 Å². The van der Waals surface area contributed by atoms with Gasteiger partial charge in [0.25, 0.3) is 0 Å². The Labute approximate surface area is 93.9 Å². The number of hydrogen-bond acceptors (Lipinski definition) is 1. The van der Waals surface area contributed by atoms with Gasteiger partial charge < -0.3 is 0 Å². The van der Waals surface area contributed by atoms with Crippen LogP contribution in [0.4, 0.5) is 0 Å². The van der Waals surface area contributed by atoms with Crippen LogP contribution in [-0.4, -0.2) is 4.98 Å². The molecule has 0 saturated heterocycles. The van der Waals surface area contributed by atoms with Crippen molar-refractivity contribution < 1.29 is 0 Å². The van der Waals surface area contributed by atoms with Crippen molar-refractivity contribution >= 4 is 0 Å². The first-order chi connectivity index (χ1) is 7.26. The third-order valence-electron chi connectivity index (χ3n) is 2.76. The molecule has 0 amide bonds.